The molecular formula is C25H29N3O2. The van der Waals surface area contributed by atoms with Crippen LogP contribution < -0.4 is 15.4 Å². The minimum atomic E-state index is -0.296. The Bertz CT molecular complexity index is 1030. The summed E-state index contributed by atoms with van der Waals surface area (Å²) >= 11 is 0. The zero-order valence-corrected chi connectivity index (χ0v) is 17.7. The summed E-state index contributed by atoms with van der Waals surface area (Å²) < 4.78 is 5.26. The van der Waals surface area contributed by atoms with E-state index < -0.39 is 0 Å². The standard InChI is InChI=1S/C21H20N2O2.C4H9N/c1-14-8-9-15(25-2)13-17(14)20(24)23-21(10-11-21)18-6-3-7-19-16(18)5-4-12-22-19;1-2-4-5-3-1/h3-9,12-13H,10-11H2,1-2H3,(H,23,24);5H,1-4H2. The van der Waals surface area contributed by atoms with Crippen LogP contribution in [-0.2, 0) is 5.54 Å². The molecule has 0 radical (unpaired) electrons. The first-order chi connectivity index (χ1) is 14.6. The average Bonchev–Trinajstić information content (AvgIpc) is 3.29. The van der Waals surface area contributed by atoms with Crippen molar-refractivity contribution in [1.29, 1.82) is 0 Å². The van der Waals surface area contributed by atoms with Gasteiger partial charge in [-0.25, -0.2) is 0 Å². The Morgan fingerprint density at radius 2 is 1.90 bits per heavy atom. The van der Waals surface area contributed by atoms with E-state index in [9.17, 15) is 4.79 Å². The van der Waals surface area contributed by atoms with Crippen molar-refractivity contribution in [3.63, 3.8) is 0 Å². The molecule has 2 aromatic carbocycles. The van der Waals surface area contributed by atoms with Gasteiger partial charge in [0.05, 0.1) is 18.2 Å². The van der Waals surface area contributed by atoms with Crippen LogP contribution in [0.2, 0.25) is 0 Å². The number of benzene rings is 2. The second-order valence-electron chi connectivity index (χ2n) is 8.05. The molecule has 156 valence electrons. The normalized spacial score (nSPS) is 16.5. The molecule has 3 aromatic rings. The number of amides is 1. The molecule has 1 aliphatic carbocycles. The fourth-order valence-electron chi connectivity index (χ4n) is 3.99. The van der Waals surface area contributed by atoms with Crippen molar-refractivity contribution in [3.8, 4) is 5.75 Å². The summed E-state index contributed by atoms with van der Waals surface area (Å²) in [5.74, 6) is 0.629. The lowest BCUT2D eigenvalue weighted by Gasteiger charge is -2.20. The molecule has 1 saturated heterocycles. The largest absolute Gasteiger partial charge is 0.497 e. The summed E-state index contributed by atoms with van der Waals surface area (Å²) in [5.41, 5.74) is 3.40. The van der Waals surface area contributed by atoms with Crippen LogP contribution in [0.5, 0.6) is 5.75 Å². The zero-order chi connectivity index (χ0) is 21.0. The predicted octanol–water partition coefficient (Wildman–Crippen LogP) is 4.34. The first kappa shape index (κ1) is 20.4. The van der Waals surface area contributed by atoms with Gasteiger partial charge in [0.2, 0.25) is 0 Å². The highest BCUT2D eigenvalue weighted by Crippen LogP contribution is 2.48. The van der Waals surface area contributed by atoms with Gasteiger partial charge >= 0.3 is 0 Å². The molecule has 1 aromatic heterocycles. The number of fused-ring (bicyclic) bond motifs is 1. The summed E-state index contributed by atoms with van der Waals surface area (Å²) in [7, 11) is 1.61. The Morgan fingerprint density at radius 1 is 1.10 bits per heavy atom. The van der Waals surface area contributed by atoms with Gasteiger partial charge in [-0.05, 0) is 81.1 Å². The number of hydrogen-bond donors (Lipinski definition) is 2. The lowest BCUT2D eigenvalue weighted by Crippen LogP contribution is -2.35. The van der Waals surface area contributed by atoms with Gasteiger partial charge in [-0.2, -0.15) is 0 Å². The first-order valence-electron chi connectivity index (χ1n) is 10.6. The maximum absolute atomic E-state index is 12.9. The predicted molar refractivity (Wildman–Crippen MR) is 120 cm³/mol. The highest BCUT2D eigenvalue weighted by Gasteiger charge is 2.46. The minimum Gasteiger partial charge on any atom is -0.497 e. The van der Waals surface area contributed by atoms with Crippen molar-refractivity contribution < 1.29 is 9.53 Å². The summed E-state index contributed by atoms with van der Waals surface area (Å²) in [4.78, 5) is 17.3. The summed E-state index contributed by atoms with van der Waals surface area (Å²) in [5, 5.41) is 7.59. The van der Waals surface area contributed by atoms with Gasteiger partial charge in [0.1, 0.15) is 5.75 Å². The fourth-order valence-corrected chi connectivity index (χ4v) is 3.99. The van der Waals surface area contributed by atoms with E-state index in [0.29, 0.717) is 11.3 Å². The average molecular weight is 404 g/mol. The van der Waals surface area contributed by atoms with Gasteiger partial charge in [0, 0.05) is 17.1 Å². The van der Waals surface area contributed by atoms with Crippen molar-refractivity contribution in [2.75, 3.05) is 20.2 Å². The topological polar surface area (TPSA) is 63.2 Å². The Kier molecular flexibility index (Phi) is 6.00. The van der Waals surface area contributed by atoms with Crippen LogP contribution in [0.1, 0.15) is 47.2 Å². The van der Waals surface area contributed by atoms with E-state index in [1.165, 1.54) is 25.9 Å². The van der Waals surface area contributed by atoms with Crippen molar-refractivity contribution in [2.45, 2.75) is 38.1 Å². The third kappa shape index (κ3) is 4.31. The monoisotopic (exact) mass is 403 g/mol. The van der Waals surface area contributed by atoms with E-state index >= 15 is 0 Å². The number of rotatable bonds is 4. The maximum Gasteiger partial charge on any atom is 0.252 e. The number of nitrogens with one attached hydrogen (secondary N) is 2. The van der Waals surface area contributed by atoms with Crippen LogP contribution in [-0.4, -0.2) is 31.1 Å². The number of aryl methyl sites for hydroxylation is 1. The number of carbonyl (C=O) groups is 1. The number of methoxy groups -OCH3 is 1. The van der Waals surface area contributed by atoms with Crippen molar-refractivity contribution >= 4 is 16.8 Å². The van der Waals surface area contributed by atoms with E-state index in [4.69, 9.17) is 4.74 Å². The SMILES string of the molecule is C1CCNC1.COc1ccc(C)c(C(=O)NC2(c3cccc4ncccc34)CC2)c1. The zero-order valence-electron chi connectivity index (χ0n) is 17.7. The Morgan fingerprint density at radius 3 is 2.57 bits per heavy atom. The van der Waals surface area contributed by atoms with E-state index in [-0.39, 0.29) is 11.4 Å². The number of ether oxygens (including phenoxy) is 1. The number of aromatic nitrogens is 1. The number of nitrogens with zero attached hydrogens (tertiary/aromatic N) is 1. The van der Waals surface area contributed by atoms with E-state index in [1.54, 1.807) is 19.4 Å². The van der Waals surface area contributed by atoms with Crippen LogP contribution in [0.3, 0.4) is 0 Å². The van der Waals surface area contributed by atoms with Crippen LogP contribution in [0.15, 0.2) is 54.7 Å². The second kappa shape index (κ2) is 8.84. The molecule has 5 nitrogen and oxygen atoms in total. The van der Waals surface area contributed by atoms with Crippen LogP contribution in [0, 0.1) is 6.92 Å². The van der Waals surface area contributed by atoms with Gasteiger partial charge in [0.25, 0.3) is 5.91 Å². The van der Waals surface area contributed by atoms with E-state index in [2.05, 4.69) is 27.8 Å². The minimum absolute atomic E-state index is 0.0604. The molecule has 2 heterocycles. The second-order valence-corrected chi connectivity index (χ2v) is 8.05. The van der Waals surface area contributed by atoms with E-state index in [0.717, 1.165) is 34.9 Å². The molecule has 2 aliphatic rings. The highest BCUT2D eigenvalue weighted by atomic mass is 16.5. The van der Waals surface area contributed by atoms with Gasteiger partial charge in [-0.15, -0.1) is 0 Å². The lowest BCUT2D eigenvalue weighted by atomic mass is 9.98. The van der Waals surface area contributed by atoms with E-state index in [1.807, 2.05) is 37.3 Å². The van der Waals surface area contributed by atoms with Crippen molar-refractivity contribution in [1.82, 2.24) is 15.6 Å². The molecule has 1 saturated carbocycles. The van der Waals surface area contributed by atoms with Gasteiger partial charge in [-0.3, -0.25) is 9.78 Å². The van der Waals surface area contributed by atoms with Crippen molar-refractivity contribution in [3.05, 3.63) is 71.4 Å². The molecule has 0 atom stereocenters. The molecule has 5 heteroatoms. The third-order valence-electron chi connectivity index (χ3n) is 5.91. The van der Waals surface area contributed by atoms with Crippen molar-refractivity contribution in [2.24, 2.45) is 0 Å². The highest BCUT2D eigenvalue weighted by molar-refractivity contribution is 5.97. The maximum atomic E-state index is 12.9. The Balaban J connectivity index is 0.000000383. The van der Waals surface area contributed by atoms with Crippen LogP contribution >= 0.6 is 0 Å². The molecule has 5 rings (SSSR count). The number of pyridine rings is 1. The third-order valence-corrected chi connectivity index (χ3v) is 5.91. The molecular weight excluding hydrogens is 374 g/mol. The fraction of sp³-hybridized carbons (Fsp3) is 0.360. The van der Waals surface area contributed by atoms with Gasteiger partial charge in [-0.1, -0.05) is 24.3 Å². The summed E-state index contributed by atoms with van der Waals surface area (Å²) in [6.45, 7) is 4.44. The molecule has 1 amide bonds. The Labute approximate surface area is 177 Å². The number of carbonyl (C=O) groups excluding carboxylic acids is 1. The molecule has 0 bridgehead atoms. The molecule has 2 N–H and O–H groups in total. The number of hydrogen-bond acceptors (Lipinski definition) is 4. The van der Waals surface area contributed by atoms with Crippen LogP contribution in [0.25, 0.3) is 10.9 Å². The van der Waals surface area contributed by atoms with Gasteiger partial charge < -0.3 is 15.4 Å². The quantitative estimate of drug-likeness (QED) is 0.680. The molecule has 2 fully saturated rings. The molecule has 0 spiro atoms. The lowest BCUT2D eigenvalue weighted by molar-refractivity contribution is 0.0930. The Hall–Kier alpha value is -2.92. The van der Waals surface area contributed by atoms with Gasteiger partial charge in [0.15, 0.2) is 0 Å². The smallest absolute Gasteiger partial charge is 0.252 e. The van der Waals surface area contributed by atoms with Crippen LogP contribution in [0.4, 0.5) is 0 Å². The molecule has 0 unspecified atom stereocenters. The molecule has 1 aliphatic heterocycles. The summed E-state index contributed by atoms with van der Waals surface area (Å²) in [6, 6.07) is 15.7. The summed E-state index contributed by atoms with van der Waals surface area (Å²) in [6.07, 6.45) is 6.45. The molecule has 30 heavy (non-hydrogen) atoms. The first-order valence-corrected chi connectivity index (χ1v) is 10.6.